The van der Waals surface area contributed by atoms with Crippen LogP contribution >= 0.6 is 34.4 Å². The van der Waals surface area contributed by atoms with Gasteiger partial charge in [0.2, 0.25) is 5.91 Å². The summed E-state index contributed by atoms with van der Waals surface area (Å²) in [5.74, 6) is -1.26. The Morgan fingerprint density at radius 1 is 1.00 bits per heavy atom. The molecule has 2 N–H and O–H groups in total. The molecule has 4 aromatic rings. The second-order valence-electron chi connectivity index (χ2n) is 9.40. The Kier molecular flexibility index (Phi) is 11.7. The summed E-state index contributed by atoms with van der Waals surface area (Å²) in [6.07, 6.45) is 0.687. The summed E-state index contributed by atoms with van der Waals surface area (Å²) in [6.45, 7) is 7.70. The number of rotatable bonds is 14. The minimum Gasteiger partial charge on any atom is -0.462 e. The molecule has 0 aliphatic carbocycles. The van der Waals surface area contributed by atoms with Crippen molar-refractivity contribution in [3.63, 3.8) is 0 Å². The van der Waals surface area contributed by atoms with Crippen LogP contribution in [-0.4, -0.2) is 57.0 Å². The predicted octanol–water partition coefficient (Wildman–Crippen LogP) is 5.35. The van der Waals surface area contributed by atoms with Crippen LogP contribution in [0.2, 0.25) is 0 Å². The van der Waals surface area contributed by atoms with E-state index in [1.54, 1.807) is 33.8 Å². The second kappa shape index (κ2) is 15.6. The lowest BCUT2D eigenvalue weighted by Gasteiger charge is -2.14. The third-order valence-corrected chi connectivity index (χ3v) is 9.52. The highest BCUT2D eigenvalue weighted by Crippen LogP contribution is 2.35. The Bertz CT molecular complexity index is 1600. The minimum atomic E-state index is -0.660. The van der Waals surface area contributed by atoms with E-state index in [4.69, 9.17) is 9.47 Å². The summed E-state index contributed by atoms with van der Waals surface area (Å²) in [7, 11) is 0. The Balaban J connectivity index is 1.53. The highest BCUT2D eigenvalue weighted by atomic mass is 32.2. The highest BCUT2D eigenvalue weighted by molar-refractivity contribution is 8.00. The molecule has 3 aromatic heterocycles. The molecule has 232 valence electrons. The molecule has 4 rings (SSSR count). The molecule has 0 fully saturated rings. The number of nitrogens with zero attached hydrogens (tertiary/aromatic N) is 3. The number of ether oxygens (including phenoxy) is 2. The second-order valence-corrected chi connectivity index (χ2v) is 12.7. The van der Waals surface area contributed by atoms with E-state index in [1.165, 1.54) is 23.1 Å². The highest BCUT2D eigenvalue weighted by Gasteiger charge is 2.29. The first-order valence-corrected chi connectivity index (χ1v) is 16.5. The molecule has 0 aliphatic rings. The molecule has 0 aliphatic heterocycles. The molecule has 44 heavy (non-hydrogen) atoms. The number of amides is 2. The molecule has 1 atom stereocenters. The van der Waals surface area contributed by atoms with Crippen LogP contribution in [0.3, 0.4) is 0 Å². The van der Waals surface area contributed by atoms with Crippen LogP contribution in [-0.2, 0) is 33.8 Å². The first-order chi connectivity index (χ1) is 21.2. The van der Waals surface area contributed by atoms with Crippen molar-refractivity contribution in [2.45, 2.75) is 57.6 Å². The fraction of sp³-hybridized carbons (Fsp3) is 0.333. The average Bonchev–Trinajstić information content (AvgIpc) is 3.75. The van der Waals surface area contributed by atoms with E-state index in [-0.39, 0.29) is 41.1 Å². The van der Waals surface area contributed by atoms with E-state index in [9.17, 15) is 19.2 Å². The Hall–Kier alpha value is -4.01. The van der Waals surface area contributed by atoms with Gasteiger partial charge in [-0.3, -0.25) is 9.59 Å². The quantitative estimate of drug-likeness (QED) is 0.136. The van der Waals surface area contributed by atoms with Gasteiger partial charge in [0.1, 0.15) is 9.88 Å². The van der Waals surface area contributed by atoms with Crippen LogP contribution in [0.25, 0.3) is 0 Å². The Morgan fingerprint density at radius 2 is 1.73 bits per heavy atom. The zero-order valence-corrected chi connectivity index (χ0v) is 27.2. The van der Waals surface area contributed by atoms with Crippen LogP contribution in [0, 0.1) is 6.92 Å². The molecule has 2 amide bonds. The zero-order chi connectivity index (χ0) is 31.6. The topological polar surface area (TPSA) is 142 Å². The number of esters is 2. The zero-order valence-electron chi connectivity index (χ0n) is 24.7. The molecule has 1 aromatic carbocycles. The SMILES string of the molecule is CCOC(=O)c1sc(NC(=O)C(C)Sc2nnc(CNC(=O)c3cccs3)n2CCc2ccccc2)c(C(=O)OCC)c1C. The number of hydrogen-bond donors (Lipinski definition) is 2. The van der Waals surface area contributed by atoms with Gasteiger partial charge in [0, 0.05) is 6.54 Å². The number of aryl methyl sites for hydroxylation is 1. The van der Waals surface area contributed by atoms with Gasteiger partial charge < -0.3 is 24.7 Å². The molecule has 0 radical (unpaired) electrons. The molecular weight excluding hydrogens is 623 g/mol. The van der Waals surface area contributed by atoms with Crippen LogP contribution in [0.1, 0.15) is 67.4 Å². The smallest absolute Gasteiger partial charge is 0.348 e. The van der Waals surface area contributed by atoms with Crippen molar-refractivity contribution in [3.05, 3.63) is 80.1 Å². The molecular formula is C30H33N5O6S3. The summed E-state index contributed by atoms with van der Waals surface area (Å²) >= 11 is 3.52. The monoisotopic (exact) mass is 655 g/mol. The van der Waals surface area contributed by atoms with Gasteiger partial charge in [0.05, 0.1) is 35.4 Å². The van der Waals surface area contributed by atoms with Gasteiger partial charge >= 0.3 is 11.9 Å². The lowest BCUT2D eigenvalue weighted by molar-refractivity contribution is -0.115. The summed E-state index contributed by atoms with van der Waals surface area (Å²) in [5, 5.41) is 16.3. The van der Waals surface area contributed by atoms with Gasteiger partial charge in [-0.05, 0) is 56.7 Å². The van der Waals surface area contributed by atoms with Gasteiger partial charge in [-0.1, -0.05) is 48.2 Å². The number of benzene rings is 1. The van der Waals surface area contributed by atoms with Gasteiger partial charge in [0.25, 0.3) is 5.91 Å². The molecule has 14 heteroatoms. The molecule has 0 saturated heterocycles. The van der Waals surface area contributed by atoms with E-state index >= 15 is 0 Å². The van der Waals surface area contributed by atoms with Crippen LogP contribution < -0.4 is 10.6 Å². The third kappa shape index (κ3) is 8.12. The number of nitrogens with one attached hydrogen (secondary N) is 2. The first kappa shape index (κ1) is 32.9. The van der Waals surface area contributed by atoms with Crippen molar-refractivity contribution in [1.82, 2.24) is 20.1 Å². The van der Waals surface area contributed by atoms with E-state index in [0.717, 1.165) is 16.9 Å². The molecule has 1 unspecified atom stereocenters. The summed E-state index contributed by atoms with van der Waals surface area (Å²) in [5.41, 5.74) is 1.63. The number of carbonyl (C=O) groups excluding carboxylic acids is 4. The fourth-order valence-corrected chi connectivity index (χ4v) is 6.79. The standard InChI is InChI=1S/C30H33N5O6S3/c1-5-40-28(38)23-18(3)24(29(39)41-6-2)44-27(23)32-25(36)19(4)43-30-34-33-22(17-31-26(37)21-13-10-16-42-21)35(30)15-14-20-11-8-7-9-12-20/h7-13,16,19H,5-6,14-15,17H2,1-4H3,(H,31,37)(H,32,36). The summed E-state index contributed by atoms with van der Waals surface area (Å²) in [4.78, 5) is 52.1. The minimum absolute atomic E-state index is 0.125. The maximum Gasteiger partial charge on any atom is 0.348 e. The van der Waals surface area contributed by atoms with Crippen molar-refractivity contribution < 1.29 is 28.7 Å². The van der Waals surface area contributed by atoms with Gasteiger partial charge in [0.15, 0.2) is 11.0 Å². The van der Waals surface area contributed by atoms with Gasteiger partial charge in [-0.15, -0.1) is 32.9 Å². The molecule has 11 nitrogen and oxygen atoms in total. The number of carbonyl (C=O) groups is 4. The lowest BCUT2D eigenvalue weighted by atomic mass is 10.1. The Labute approximate surface area is 267 Å². The fourth-order valence-electron chi connectivity index (χ4n) is 4.17. The van der Waals surface area contributed by atoms with Crippen molar-refractivity contribution in [2.24, 2.45) is 0 Å². The maximum absolute atomic E-state index is 13.4. The number of hydrogen-bond acceptors (Lipinski definition) is 11. The Morgan fingerprint density at radius 3 is 2.41 bits per heavy atom. The molecule has 0 saturated carbocycles. The number of thiophene rings is 2. The van der Waals surface area contributed by atoms with E-state index in [0.29, 0.717) is 34.4 Å². The number of anilines is 1. The van der Waals surface area contributed by atoms with Crippen LogP contribution in [0.5, 0.6) is 0 Å². The predicted molar refractivity (Wildman–Crippen MR) is 171 cm³/mol. The lowest BCUT2D eigenvalue weighted by Crippen LogP contribution is -2.25. The normalized spacial score (nSPS) is 11.5. The molecule has 0 bridgehead atoms. The van der Waals surface area contributed by atoms with E-state index in [2.05, 4.69) is 20.8 Å². The molecule has 0 spiro atoms. The van der Waals surface area contributed by atoms with Crippen molar-refractivity contribution in [3.8, 4) is 0 Å². The summed E-state index contributed by atoms with van der Waals surface area (Å²) in [6, 6.07) is 13.5. The van der Waals surface area contributed by atoms with E-state index < -0.39 is 23.1 Å². The van der Waals surface area contributed by atoms with Crippen LogP contribution in [0.4, 0.5) is 5.00 Å². The van der Waals surface area contributed by atoms with Gasteiger partial charge in [-0.25, -0.2) is 9.59 Å². The van der Waals surface area contributed by atoms with Crippen LogP contribution in [0.15, 0.2) is 53.0 Å². The number of aromatic nitrogens is 3. The number of thioether (sulfide) groups is 1. The average molecular weight is 656 g/mol. The largest absolute Gasteiger partial charge is 0.462 e. The maximum atomic E-state index is 13.4. The van der Waals surface area contributed by atoms with E-state index in [1.807, 2.05) is 46.3 Å². The van der Waals surface area contributed by atoms with Crippen molar-refractivity contribution in [2.75, 3.05) is 18.5 Å². The third-order valence-electron chi connectivity index (χ3n) is 6.39. The molecule has 3 heterocycles. The summed E-state index contributed by atoms with van der Waals surface area (Å²) < 4.78 is 12.2. The van der Waals surface area contributed by atoms with Crippen molar-refractivity contribution in [1.29, 1.82) is 0 Å². The van der Waals surface area contributed by atoms with Crippen molar-refractivity contribution >= 4 is 63.2 Å². The van der Waals surface area contributed by atoms with Gasteiger partial charge in [-0.2, -0.15) is 0 Å². The first-order valence-electron chi connectivity index (χ1n) is 14.0.